The second-order valence-electron chi connectivity index (χ2n) is 7.18. The van der Waals surface area contributed by atoms with Crippen LogP contribution in [0.25, 0.3) is 10.9 Å². The lowest BCUT2D eigenvalue weighted by molar-refractivity contribution is -0.138. The lowest BCUT2D eigenvalue weighted by atomic mass is 9.78. The van der Waals surface area contributed by atoms with E-state index < -0.39 is 0 Å². The first kappa shape index (κ1) is 16.6. The molecule has 6 heteroatoms. The fourth-order valence-electron chi connectivity index (χ4n) is 4.41. The largest absolute Gasteiger partial charge is 0.338 e. The number of carbonyl (C=O) groups excluding carboxylic acids is 1. The Kier molecular flexibility index (Phi) is 4.50. The van der Waals surface area contributed by atoms with Crippen LogP contribution in [0, 0.1) is 5.92 Å². The lowest BCUT2D eigenvalue weighted by Crippen LogP contribution is -2.51. The van der Waals surface area contributed by atoms with Gasteiger partial charge < -0.3 is 4.90 Å². The van der Waals surface area contributed by atoms with E-state index in [-0.39, 0.29) is 18.0 Å². The molecule has 1 aromatic carbocycles. The third-order valence-electron chi connectivity index (χ3n) is 5.66. The average molecular weight is 360 g/mol. The van der Waals surface area contributed by atoms with Crippen molar-refractivity contribution in [2.75, 3.05) is 6.54 Å². The average Bonchev–Trinajstić information content (AvgIpc) is 2.64. The SMILES string of the molecule is O=C(Cn1cnc2ccc(Cl)cc2c1=O)N1CCC[C@H]2CCCC[C@@H]21. The van der Waals surface area contributed by atoms with E-state index in [1.807, 2.05) is 4.90 Å². The first-order chi connectivity index (χ1) is 12.1. The van der Waals surface area contributed by atoms with E-state index in [9.17, 15) is 9.59 Å². The molecule has 1 saturated carbocycles. The minimum Gasteiger partial charge on any atom is -0.338 e. The highest BCUT2D eigenvalue weighted by molar-refractivity contribution is 6.31. The molecule has 0 unspecified atom stereocenters. The van der Waals surface area contributed by atoms with Gasteiger partial charge in [0.2, 0.25) is 5.91 Å². The highest BCUT2D eigenvalue weighted by Gasteiger charge is 2.35. The van der Waals surface area contributed by atoms with Gasteiger partial charge in [-0.25, -0.2) is 4.98 Å². The summed E-state index contributed by atoms with van der Waals surface area (Å²) in [7, 11) is 0. The van der Waals surface area contributed by atoms with Crippen molar-refractivity contribution < 1.29 is 4.79 Å². The maximum atomic E-state index is 12.9. The maximum absolute atomic E-state index is 12.9. The van der Waals surface area contributed by atoms with Crippen molar-refractivity contribution in [3.05, 3.63) is 39.9 Å². The zero-order valence-electron chi connectivity index (χ0n) is 14.2. The first-order valence-corrected chi connectivity index (χ1v) is 9.45. The van der Waals surface area contributed by atoms with Gasteiger partial charge in [-0.3, -0.25) is 14.2 Å². The zero-order chi connectivity index (χ0) is 17.4. The van der Waals surface area contributed by atoms with Crippen LogP contribution in [0.15, 0.2) is 29.3 Å². The van der Waals surface area contributed by atoms with Crippen LogP contribution in [0.4, 0.5) is 0 Å². The highest BCUT2D eigenvalue weighted by atomic mass is 35.5. The summed E-state index contributed by atoms with van der Waals surface area (Å²) in [4.78, 5) is 31.9. The molecule has 2 heterocycles. The number of hydrogen-bond acceptors (Lipinski definition) is 3. The van der Waals surface area contributed by atoms with Crippen LogP contribution in [0.3, 0.4) is 0 Å². The van der Waals surface area contributed by atoms with E-state index in [0.717, 1.165) is 19.4 Å². The fraction of sp³-hybridized carbons (Fsp3) is 0.526. The summed E-state index contributed by atoms with van der Waals surface area (Å²) in [5.41, 5.74) is 0.390. The number of rotatable bonds is 2. The standard InChI is InChI=1S/C19H22ClN3O2/c20-14-7-8-16-15(10-14)19(25)22(12-21-16)11-18(24)23-9-3-5-13-4-1-2-6-17(13)23/h7-8,10,12-13,17H,1-6,9,11H2/t13-,17+/m1/s1. The Bertz CT molecular complexity index is 861. The van der Waals surface area contributed by atoms with Crippen LogP contribution in [-0.4, -0.2) is 32.9 Å². The topological polar surface area (TPSA) is 55.2 Å². The number of aromatic nitrogens is 2. The summed E-state index contributed by atoms with van der Waals surface area (Å²) < 4.78 is 1.41. The monoisotopic (exact) mass is 359 g/mol. The number of carbonyl (C=O) groups is 1. The predicted molar refractivity (Wildman–Crippen MR) is 97.7 cm³/mol. The van der Waals surface area contributed by atoms with Crippen molar-refractivity contribution >= 4 is 28.4 Å². The van der Waals surface area contributed by atoms with Gasteiger partial charge in [0, 0.05) is 17.6 Å². The van der Waals surface area contributed by atoms with Crippen molar-refractivity contribution in [2.45, 2.75) is 51.1 Å². The molecule has 0 N–H and O–H groups in total. The Morgan fingerprint density at radius 3 is 2.88 bits per heavy atom. The maximum Gasteiger partial charge on any atom is 0.261 e. The van der Waals surface area contributed by atoms with E-state index in [1.165, 1.54) is 36.6 Å². The molecule has 5 nitrogen and oxygen atoms in total. The molecule has 0 bridgehead atoms. The molecule has 1 aliphatic heterocycles. The molecule has 132 valence electrons. The molecule has 0 radical (unpaired) electrons. The number of amides is 1. The summed E-state index contributed by atoms with van der Waals surface area (Å²) >= 11 is 6.00. The molecule has 1 amide bonds. The van der Waals surface area contributed by atoms with E-state index in [2.05, 4.69) is 4.98 Å². The normalized spacial score (nSPS) is 23.5. The summed E-state index contributed by atoms with van der Waals surface area (Å²) in [6, 6.07) is 5.41. The number of nitrogens with zero attached hydrogens (tertiary/aromatic N) is 3. The molecule has 4 rings (SSSR count). The van der Waals surface area contributed by atoms with Gasteiger partial charge in [0.15, 0.2) is 0 Å². The van der Waals surface area contributed by atoms with Crippen LogP contribution in [0.5, 0.6) is 0 Å². The van der Waals surface area contributed by atoms with Crippen molar-refractivity contribution in [1.82, 2.24) is 14.5 Å². The molecule has 2 aromatic rings. The molecule has 1 aromatic heterocycles. The number of halogens is 1. The number of benzene rings is 1. The van der Waals surface area contributed by atoms with E-state index in [4.69, 9.17) is 11.6 Å². The number of hydrogen-bond donors (Lipinski definition) is 0. The first-order valence-electron chi connectivity index (χ1n) is 9.07. The highest BCUT2D eigenvalue weighted by Crippen LogP contribution is 2.35. The molecule has 2 atom stereocenters. The smallest absolute Gasteiger partial charge is 0.261 e. The second-order valence-corrected chi connectivity index (χ2v) is 7.62. The summed E-state index contributed by atoms with van der Waals surface area (Å²) in [6.45, 7) is 0.860. The number of piperidine rings is 1. The van der Waals surface area contributed by atoms with Crippen LogP contribution >= 0.6 is 11.6 Å². The van der Waals surface area contributed by atoms with Crippen molar-refractivity contribution in [3.8, 4) is 0 Å². The summed E-state index contributed by atoms with van der Waals surface area (Å²) in [6.07, 6.45) is 8.55. The molecule has 1 aliphatic carbocycles. The molecule has 25 heavy (non-hydrogen) atoms. The molecular weight excluding hydrogens is 338 g/mol. The molecule has 0 spiro atoms. The molecule has 2 fully saturated rings. The van der Waals surface area contributed by atoms with Crippen molar-refractivity contribution in [1.29, 1.82) is 0 Å². The van der Waals surface area contributed by atoms with Crippen LogP contribution in [-0.2, 0) is 11.3 Å². The van der Waals surface area contributed by atoms with Gasteiger partial charge in [0.1, 0.15) is 6.54 Å². The Balaban J connectivity index is 1.59. The van der Waals surface area contributed by atoms with Crippen LogP contribution < -0.4 is 5.56 Å². The van der Waals surface area contributed by atoms with Gasteiger partial charge in [-0.1, -0.05) is 24.4 Å². The zero-order valence-corrected chi connectivity index (χ0v) is 14.9. The number of likely N-dealkylation sites (tertiary alicyclic amines) is 1. The van der Waals surface area contributed by atoms with Crippen molar-refractivity contribution in [3.63, 3.8) is 0 Å². The predicted octanol–water partition coefficient (Wildman–Crippen LogP) is 3.23. The number of fused-ring (bicyclic) bond motifs is 2. The van der Waals surface area contributed by atoms with Gasteiger partial charge in [-0.15, -0.1) is 0 Å². The minimum absolute atomic E-state index is 0.0295. The van der Waals surface area contributed by atoms with Crippen molar-refractivity contribution in [2.24, 2.45) is 5.92 Å². The Labute approximate surface area is 151 Å². The van der Waals surface area contributed by atoms with Gasteiger partial charge in [0.05, 0.1) is 17.2 Å². The van der Waals surface area contributed by atoms with Crippen LogP contribution in [0.1, 0.15) is 38.5 Å². The quantitative estimate of drug-likeness (QED) is 0.827. The van der Waals surface area contributed by atoms with Crippen LogP contribution in [0.2, 0.25) is 5.02 Å². The second kappa shape index (κ2) is 6.79. The summed E-state index contributed by atoms with van der Waals surface area (Å²) in [5, 5.41) is 0.952. The van der Waals surface area contributed by atoms with E-state index in [0.29, 0.717) is 27.9 Å². The van der Waals surface area contributed by atoms with E-state index in [1.54, 1.807) is 18.2 Å². The minimum atomic E-state index is -0.210. The Morgan fingerprint density at radius 2 is 2.00 bits per heavy atom. The molecule has 1 saturated heterocycles. The van der Waals surface area contributed by atoms with Gasteiger partial charge in [-0.2, -0.15) is 0 Å². The fourth-order valence-corrected chi connectivity index (χ4v) is 4.59. The van der Waals surface area contributed by atoms with Gasteiger partial charge >= 0.3 is 0 Å². The summed E-state index contributed by atoms with van der Waals surface area (Å²) in [5.74, 6) is 0.665. The lowest BCUT2D eigenvalue weighted by Gasteiger charge is -2.44. The Hall–Kier alpha value is -1.88. The van der Waals surface area contributed by atoms with Gasteiger partial charge in [-0.05, 0) is 49.8 Å². The van der Waals surface area contributed by atoms with E-state index >= 15 is 0 Å². The third kappa shape index (κ3) is 3.17. The molecular formula is C19H22ClN3O2. The molecule has 2 aliphatic rings. The van der Waals surface area contributed by atoms with Gasteiger partial charge in [0.25, 0.3) is 5.56 Å². The Morgan fingerprint density at radius 1 is 1.20 bits per heavy atom. The third-order valence-corrected chi connectivity index (χ3v) is 5.89.